The van der Waals surface area contributed by atoms with E-state index in [1.807, 2.05) is 48.9 Å². The van der Waals surface area contributed by atoms with Gasteiger partial charge in [-0.05, 0) is 50.1 Å². The largest absolute Gasteiger partial charge is 0.479 e. The molecule has 31 heavy (non-hydrogen) atoms. The Morgan fingerprint density at radius 2 is 1.94 bits per heavy atom. The molecule has 0 bridgehead atoms. The van der Waals surface area contributed by atoms with Crippen LogP contribution in [-0.2, 0) is 17.9 Å². The fraction of sp³-hybridized carbons (Fsp3) is 0.240. The van der Waals surface area contributed by atoms with E-state index in [0.717, 1.165) is 22.5 Å². The third-order valence-electron chi connectivity index (χ3n) is 4.96. The molecule has 1 amide bonds. The number of nitriles is 1. The number of benzene rings is 2. The van der Waals surface area contributed by atoms with Crippen molar-refractivity contribution >= 4 is 12.0 Å². The topological polar surface area (TPSA) is 79.9 Å². The minimum Gasteiger partial charge on any atom is -0.479 e. The number of carbonyl (C=O) groups excluding carboxylic acids is 1. The molecule has 2 aromatic carbocycles. The van der Waals surface area contributed by atoms with Crippen molar-refractivity contribution in [2.75, 3.05) is 6.61 Å². The third kappa shape index (κ3) is 6.06. The molecule has 0 saturated heterocycles. The molecule has 0 radical (unpaired) electrons. The lowest BCUT2D eigenvalue weighted by molar-refractivity contribution is -0.116. The summed E-state index contributed by atoms with van der Waals surface area (Å²) >= 11 is 0. The van der Waals surface area contributed by atoms with Gasteiger partial charge in [-0.15, -0.1) is 0 Å². The van der Waals surface area contributed by atoms with Crippen molar-refractivity contribution < 1.29 is 9.53 Å². The van der Waals surface area contributed by atoms with Crippen LogP contribution in [0.3, 0.4) is 0 Å². The summed E-state index contributed by atoms with van der Waals surface area (Å²) in [6.07, 6.45) is 3.34. The molecule has 0 aliphatic rings. The SMILES string of the molecule is Cc1ccc(Cn2nc(C)c(/C=C/C(=O)NCc3cccc(OCC#N)c3)c2C)cc1. The second-order valence-electron chi connectivity index (χ2n) is 7.37. The van der Waals surface area contributed by atoms with E-state index in [1.165, 1.54) is 17.2 Å². The molecule has 0 fully saturated rings. The van der Waals surface area contributed by atoms with E-state index < -0.39 is 0 Å². The summed E-state index contributed by atoms with van der Waals surface area (Å²) in [5.41, 5.74) is 6.17. The molecule has 1 heterocycles. The maximum absolute atomic E-state index is 12.3. The van der Waals surface area contributed by atoms with Crippen LogP contribution in [0.2, 0.25) is 0 Å². The maximum Gasteiger partial charge on any atom is 0.244 e. The lowest BCUT2D eigenvalue weighted by Crippen LogP contribution is -2.20. The number of aryl methyl sites for hydroxylation is 2. The van der Waals surface area contributed by atoms with E-state index >= 15 is 0 Å². The molecule has 1 aromatic heterocycles. The molecule has 0 unspecified atom stereocenters. The van der Waals surface area contributed by atoms with E-state index in [9.17, 15) is 4.79 Å². The second kappa shape index (κ2) is 10.3. The van der Waals surface area contributed by atoms with Crippen molar-refractivity contribution in [2.45, 2.75) is 33.9 Å². The van der Waals surface area contributed by atoms with Gasteiger partial charge in [-0.3, -0.25) is 9.48 Å². The predicted octanol–water partition coefficient (Wildman–Crippen LogP) is 4.09. The van der Waals surface area contributed by atoms with Crippen LogP contribution in [0.15, 0.2) is 54.6 Å². The van der Waals surface area contributed by atoms with Crippen LogP contribution in [0.25, 0.3) is 6.08 Å². The van der Waals surface area contributed by atoms with Gasteiger partial charge in [0.1, 0.15) is 11.8 Å². The Balaban J connectivity index is 1.61. The molecule has 0 atom stereocenters. The third-order valence-corrected chi connectivity index (χ3v) is 4.96. The van der Waals surface area contributed by atoms with Crippen molar-refractivity contribution in [3.63, 3.8) is 0 Å². The fourth-order valence-corrected chi connectivity index (χ4v) is 3.24. The Bertz CT molecular complexity index is 1120. The zero-order chi connectivity index (χ0) is 22.2. The fourth-order valence-electron chi connectivity index (χ4n) is 3.24. The molecule has 6 heteroatoms. The van der Waals surface area contributed by atoms with Crippen LogP contribution < -0.4 is 10.1 Å². The predicted molar refractivity (Wildman–Crippen MR) is 120 cm³/mol. The van der Waals surface area contributed by atoms with Crippen molar-refractivity contribution in [3.05, 3.63) is 88.2 Å². The number of rotatable bonds is 8. The van der Waals surface area contributed by atoms with Gasteiger partial charge in [0.15, 0.2) is 6.61 Å². The normalized spacial score (nSPS) is 10.8. The highest BCUT2D eigenvalue weighted by molar-refractivity contribution is 5.91. The Hall–Kier alpha value is -3.85. The van der Waals surface area contributed by atoms with Crippen molar-refractivity contribution in [1.82, 2.24) is 15.1 Å². The summed E-state index contributed by atoms with van der Waals surface area (Å²) in [7, 11) is 0. The van der Waals surface area contributed by atoms with Gasteiger partial charge in [-0.2, -0.15) is 10.4 Å². The zero-order valence-electron chi connectivity index (χ0n) is 18.1. The molecule has 6 nitrogen and oxygen atoms in total. The van der Waals surface area contributed by atoms with Gasteiger partial charge >= 0.3 is 0 Å². The van der Waals surface area contributed by atoms with Crippen LogP contribution in [0.1, 0.15) is 33.6 Å². The van der Waals surface area contributed by atoms with Gasteiger partial charge in [0.2, 0.25) is 5.91 Å². The summed E-state index contributed by atoms with van der Waals surface area (Å²) in [5, 5.41) is 16.1. The Labute approximate surface area is 182 Å². The smallest absolute Gasteiger partial charge is 0.244 e. The van der Waals surface area contributed by atoms with Gasteiger partial charge in [0, 0.05) is 23.9 Å². The second-order valence-corrected chi connectivity index (χ2v) is 7.37. The summed E-state index contributed by atoms with van der Waals surface area (Å²) < 4.78 is 7.25. The van der Waals surface area contributed by atoms with Gasteiger partial charge in [0.05, 0.1) is 12.2 Å². The van der Waals surface area contributed by atoms with E-state index in [2.05, 4.69) is 41.6 Å². The summed E-state index contributed by atoms with van der Waals surface area (Å²) in [6.45, 7) is 7.09. The van der Waals surface area contributed by atoms with E-state index in [1.54, 1.807) is 6.07 Å². The lowest BCUT2D eigenvalue weighted by atomic mass is 10.1. The minimum absolute atomic E-state index is 0.00511. The first-order chi connectivity index (χ1) is 15.0. The quantitative estimate of drug-likeness (QED) is 0.563. The van der Waals surface area contributed by atoms with E-state index in [4.69, 9.17) is 10.00 Å². The number of nitrogens with one attached hydrogen (secondary N) is 1. The Morgan fingerprint density at radius 1 is 1.16 bits per heavy atom. The average Bonchev–Trinajstić information content (AvgIpc) is 3.03. The van der Waals surface area contributed by atoms with Crippen LogP contribution in [0, 0.1) is 32.1 Å². The van der Waals surface area contributed by atoms with Gasteiger partial charge in [-0.1, -0.05) is 42.0 Å². The highest BCUT2D eigenvalue weighted by Gasteiger charge is 2.10. The highest BCUT2D eigenvalue weighted by Crippen LogP contribution is 2.17. The molecule has 0 saturated carbocycles. The first-order valence-corrected chi connectivity index (χ1v) is 10.1. The van der Waals surface area contributed by atoms with Crippen LogP contribution in [0.4, 0.5) is 0 Å². The molecule has 0 aliphatic heterocycles. The number of amides is 1. The highest BCUT2D eigenvalue weighted by atomic mass is 16.5. The standard InChI is InChI=1S/C25H26N4O2/c1-18-7-9-21(10-8-18)17-29-20(3)24(19(2)28-29)11-12-25(30)27-16-22-5-4-6-23(15-22)31-14-13-26/h4-12,15H,14,16-17H2,1-3H3,(H,27,30)/b12-11+. The Kier molecular flexibility index (Phi) is 7.23. The van der Waals surface area contributed by atoms with E-state index in [-0.39, 0.29) is 12.5 Å². The summed E-state index contributed by atoms with van der Waals surface area (Å²) in [6, 6.07) is 17.7. The number of aromatic nitrogens is 2. The van der Waals surface area contributed by atoms with Crippen LogP contribution >= 0.6 is 0 Å². The van der Waals surface area contributed by atoms with Crippen LogP contribution in [-0.4, -0.2) is 22.3 Å². The maximum atomic E-state index is 12.3. The van der Waals surface area contributed by atoms with Crippen LogP contribution in [0.5, 0.6) is 5.75 Å². The molecule has 3 rings (SSSR count). The monoisotopic (exact) mass is 414 g/mol. The molecule has 158 valence electrons. The molecular formula is C25H26N4O2. The molecule has 3 aromatic rings. The number of hydrogen-bond donors (Lipinski definition) is 1. The minimum atomic E-state index is -0.187. The average molecular weight is 415 g/mol. The van der Waals surface area contributed by atoms with Gasteiger partial charge < -0.3 is 10.1 Å². The number of nitrogens with zero attached hydrogens (tertiary/aromatic N) is 3. The number of hydrogen-bond acceptors (Lipinski definition) is 4. The summed E-state index contributed by atoms with van der Waals surface area (Å²) in [4.78, 5) is 12.3. The summed E-state index contributed by atoms with van der Waals surface area (Å²) in [5.74, 6) is 0.421. The van der Waals surface area contributed by atoms with Gasteiger partial charge in [0.25, 0.3) is 0 Å². The first kappa shape index (κ1) is 21.8. The number of ether oxygens (including phenoxy) is 1. The zero-order valence-corrected chi connectivity index (χ0v) is 18.1. The van der Waals surface area contributed by atoms with Crippen molar-refractivity contribution in [1.29, 1.82) is 5.26 Å². The first-order valence-electron chi connectivity index (χ1n) is 10.1. The number of carbonyl (C=O) groups is 1. The molecule has 1 N–H and O–H groups in total. The Morgan fingerprint density at radius 3 is 2.68 bits per heavy atom. The lowest BCUT2D eigenvalue weighted by Gasteiger charge is -2.06. The van der Waals surface area contributed by atoms with E-state index in [0.29, 0.717) is 18.8 Å². The molecule has 0 spiro atoms. The molecule has 0 aliphatic carbocycles. The van der Waals surface area contributed by atoms with Crippen molar-refractivity contribution in [2.24, 2.45) is 0 Å². The molecular weight excluding hydrogens is 388 g/mol. The van der Waals surface area contributed by atoms with Gasteiger partial charge in [-0.25, -0.2) is 0 Å². The van der Waals surface area contributed by atoms with Crippen molar-refractivity contribution in [3.8, 4) is 11.8 Å².